The first-order chi connectivity index (χ1) is 7.40. The zero-order valence-corrected chi connectivity index (χ0v) is 10.2. The van der Waals surface area contributed by atoms with E-state index in [1.807, 2.05) is 0 Å². The van der Waals surface area contributed by atoms with Crippen molar-refractivity contribution in [1.82, 2.24) is 10.2 Å². The molecule has 0 spiro atoms. The number of hydrogen-bond acceptors (Lipinski definition) is 2. The van der Waals surface area contributed by atoms with Crippen molar-refractivity contribution in [3.8, 4) is 0 Å². The number of rotatable bonds is 6. The fourth-order valence-electron chi connectivity index (χ4n) is 3.28. The van der Waals surface area contributed by atoms with Crippen LogP contribution in [0.3, 0.4) is 0 Å². The molecule has 0 amide bonds. The first kappa shape index (κ1) is 11.4. The Hall–Kier alpha value is -0.0800. The molecule has 2 rings (SSSR count). The normalized spacial score (nSPS) is 31.0. The van der Waals surface area contributed by atoms with E-state index in [0.717, 1.165) is 18.4 Å². The number of hydrogen-bond donors (Lipinski definition) is 1. The van der Waals surface area contributed by atoms with E-state index in [1.54, 1.807) is 0 Å². The van der Waals surface area contributed by atoms with Gasteiger partial charge in [0.25, 0.3) is 0 Å². The van der Waals surface area contributed by atoms with Crippen LogP contribution in [0, 0.1) is 11.8 Å². The highest BCUT2D eigenvalue weighted by Gasteiger charge is 2.35. The van der Waals surface area contributed by atoms with Gasteiger partial charge in [-0.3, -0.25) is 0 Å². The monoisotopic (exact) mass is 210 g/mol. The lowest BCUT2D eigenvalue weighted by Crippen LogP contribution is -2.24. The summed E-state index contributed by atoms with van der Waals surface area (Å²) >= 11 is 0. The third-order valence-electron chi connectivity index (χ3n) is 4.13. The molecule has 1 heterocycles. The molecular formula is C13H26N2. The molecule has 2 aliphatic rings. The van der Waals surface area contributed by atoms with E-state index in [4.69, 9.17) is 0 Å². The SMILES string of the molecule is CCNCCCCN1CC2CCCC2C1. The first-order valence-corrected chi connectivity index (χ1v) is 6.83. The maximum absolute atomic E-state index is 3.40. The lowest BCUT2D eigenvalue weighted by atomic mass is 10.0. The van der Waals surface area contributed by atoms with Gasteiger partial charge in [0.1, 0.15) is 0 Å². The Labute approximate surface area is 94.4 Å². The number of likely N-dealkylation sites (tertiary alicyclic amines) is 1. The summed E-state index contributed by atoms with van der Waals surface area (Å²) in [5, 5.41) is 3.40. The molecule has 15 heavy (non-hydrogen) atoms. The molecule has 2 heteroatoms. The molecule has 0 aromatic rings. The van der Waals surface area contributed by atoms with Crippen LogP contribution in [-0.4, -0.2) is 37.6 Å². The molecule has 1 N–H and O–H groups in total. The Bertz CT molecular complexity index is 169. The van der Waals surface area contributed by atoms with Crippen LogP contribution >= 0.6 is 0 Å². The summed E-state index contributed by atoms with van der Waals surface area (Å²) in [7, 11) is 0. The molecule has 0 aromatic heterocycles. The Morgan fingerprint density at radius 3 is 2.53 bits per heavy atom. The van der Waals surface area contributed by atoms with Crippen molar-refractivity contribution >= 4 is 0 Å². The summed E-state index contributed by atoms with van der Waals surface area (Å²) in [6.07, 6.45) is 7.26. The third-order valence-corrected chi connectivity index (χ3v) is 4.13. The van der Waals surface area contributed by atoms with E-state index >= 15 is 0 Å². The van der Waals surface area contributed by atoms with E-state index in [2.05, 4.69) is 17.1 Å². The second-order valence-electron chi connectivity index (χ2n) is 5.27. The molecule has 1 aliphatic heterocycles. The second kappa shape index (κ2) is 5.86. The summed E-state index contributed by atoms with van der Waals surface area (Å²) in [6, 6.07) is 0. The standard InChI is InChI=1S/C13H26N2/c1-2-14-8-3-4-9-15-10-12-6-5-7-13(12)11-15/h12-14H,2-11H2,1H3. The Kier molecular flexibility index (Phi) is 4.45. The van der Waals surface area contributed by atoms with Crippen LogP contribution < -0.4 is 5.32 Å². The zero-order valence-electron chi connectivity index (χ0n) is 10.2. The predicted molar refractivity (Wildman–Crippen MR) is 65.0 cm³/mol. The molecule has 2 atom stereocenters. The molecule has 1 saturated heterocycles. The van der Waals surface area contributed by atoms with Crippen molar-refractivity contribution in [2.45, 2.75) is 39.0 Å². The average Bonchev–Trinajstić information content (AvgIpc) is 2.77. The summed E-state index contributed by atoms with van der Waals surface area (Å²) in [4.78, 5) is 2.71. The van der Waals surface area contributed by atoms with Crippen LogP contribution in [0.4, 0.5) is 0 Å². The third kappa shape index (κ3) is 3.18. The molecule has 88 valence electrons. The van der Waals surface area contributed by atoms with E-state index in [0.29, 0.717) is 0 Å². The minimum atomic E-state index is 1.07. The molecule has 0 radical (unpaired) electrons. The van der Waals surface area contributed by atoms with Crippen molar-refractivity contribution in [3.63, 3.8) is 0 Å². The molecular weight excluding hydrogens is 184 g/mol. The molecule has 2 unspecified atom stereocenters. The number of fused-ring (bicyclic) bond motifs is 1. The second-order valence-corrected chi connectivity index (χ2v) is 5.27. The van der Waals surface area contributed by atoms with Crippen LogP contribution in [0.25, 0.3) is 0 Å². The predicted octanol–water partition coefficient (Wildman–Crippen LogP) is 2.11. The van der Waals surface area contributed by atoms with Gasteiger partial charge in [0, 0.05) is 13.1 Å². The largest absolute Gasteiger partial charge is 0.317 e. The summed E-state index contributed by atoms with van der Waals surface area (Å²) in [5.74, 6) is 2.14. The van der Waals surface area contributed by atoms with Crippen molar-refractivity contribution in [2.24, 2.45) is 11.8 Å². The van der Waals surface area contributed by atoms with Gasteiger partial charge in [-0.25, -0.2) is 0 Å². The Morgan fingerprint density at radius 2 is 1.87 bits per heavy atom. The lowest BCUT2D eigenvalue weighted by Gasteiger charge is -2.16. The molecule has 0 bridgehead atoms. The van der Waals surface area contributed by atoms with E-state index in [-0.39, 0.29) is 0 Å². The van der Waals surface area contributed by atoms with Gasteiger partial charge < -0.3 is 10.2 Å². The topological polar surface area (TPSA) is 15.3 Å². The van der Waals surface area contributed by atoms with E-state index < -0.39 is 0 Å². The van der Waals surface area contributed by atoms with Crippen molar-refractivity contribution < 1.29 is 0 Å². The summed E-state index contributed by atoms with van der Waals surface area (Å²) in [5.41, 5.74) is 0. The number of nitrogens with one attached hydrogen (secondary N) is 1. The summed E-state index contributed by atoms with van der Waals surface area (Å²) < 4.78 is 0. The minimum Gasteiger partial charge on any atom is -0.317 e. The zero-order chi connectivity index (χ0) is 10.5. The maximum atomic E-state index is 3.40. The van der Waals surface area contributed by atoms with Crippen molar-refractivity contribution in [3.05, 3.63) is 0 Å². The van der Waals surface area contributed by atoms with Crippen LogP contribution in [0.15, 0.2) is 0 Å². The minimum absolute atomic E-state index is 1.07. The van der Waals surface area contributed by atoms with Gasteiger partial charge in [-0.1, -0.05) is 13.3 Å². The molecule has 0 aromatic carbocycles. The molecule has 1 saturated carbocycles. The molecule has 1 aliphatic carbocycles. The Morgan fingerprint density at radius 1 is 1.13 bits per heavy atom. The van der Waals surface area contributed by atoms with Crippen LogP contribution in [0.1, 0.15) is 39.0 Å². The Balaban J connectivity index is 1.53. The van der Waals surface area contributed by atoms with Crippen molar-refractivity contribution in [1.29, 1.82) is 0 Å². The van der Waals surface area contributed by atoms with E-state index in [1.165, 1.54) is 58.3 Å². The van der Waals surface area contributed by atoms with Crippen molar-refractivity contribution in [2.75, 3.05) is 32.7 Å². The number of nitrogens with zero attached hydrogens (tertiary/aromatic N) is 1. The van der Waals surface area contributed by atoms with Crippen LogP contribution in [0.2, 0.25) is 0 Å². The fraction of sp³-hybridized carbons (Fsp3) is 1.00. The smallest absolute Gasteiger partial charge is 0.00129 e. The van der Waals surface area contributed by atoms with Gasteiger partial charge >= 0.3 is 0 Å². The summed E-state index contributed by atoms with van der Waals surface area (Å²) in [6.45, 7) is 8.67. The first-order valence-electron chi connectivity index (χ1n) is 6.83. The van der Waals surface area contributed by atoms with Gasteiger partial charge in [-0.15, -0.1) is 0 Å². The average molecular weight is 210 g/mol. The van der Waals surface area contributed by atoms with Crippen LogP contribution in [0.5, 0.6) is 0 Å². The highest BCUT2D eigenvalue weighted by Crippen LogP contribution is 2.37. The van der Waals surface area contributed by atoms with Gasteiger partial charge in [-0.05, 0) is 57.2 Å². The van der Waals surface area contributed by atoms with E-state index in [9.17, 15) is 0 Å². The quantitative estimate of drug-likeness (QED) is 0.676. The fourth-order valence-corrected chi connectivity index (χ4v) is 3.28. The van der Waals surface area contributed by atoms with Crippen LogP contribution in [-0.2, 0) is 0 Å². The lowest BCUT2D eigenvalue weighted by molar-refractivity contribution is 0.303. The highest BCUT2D eigenvalue weighted by molar-refractivity contribution is 4.88. The maximum Gasteiger partial charge on any atom is 0.00129 e. The van der Waals surface area contributed by atoms with Gasteiger partial charge in [0.15, 0.2) is 0 Å². The van der Waals surface area contributed by atoms with Gasteiger partial charge in [-0.2, -0.15) is 0 Å². The molecule has 2 fully saturated rings. The number of unbranched alkanes of at least 4 members (excludes halogenated alkanes) is 1. The van der Waals surface area contributed by atoms with Gasteiger partial charge in [0.2, 0.25) is 0 Å². The van der Waals surface area contributed by atoms with Gasteiger partial charge in [0.05, 0.1) is 0 Å². The highest BCUT2D eigenvalue weighted by atomic mass is 15.2. The molecule has 2 nitrogen and oxygen atoms in total.